The van der Waals surface area contributed by atoms with Gasteiger partial charge in [0.1, 0.15) is 0 Å². The SMILES string of the molecule is CCOC(=O)c1cc(CC(=O)O)cc(C(=O)C(C)Br)c1. The Labute approximate surface area is 125 Å². The Bertz CT molecular complexity index is 536. The van der Waals surface area contributed by atoms with Gasteiger partial charge in [-0.25, -0.2) is 4.79 Å². The van der Waals surface area contributed by atoms with Gasteiger partial charge in [-0.15, -0.1) is 0 Å². The molecule has 1 aromatic rings. The Kier molecular flexibility index (Phi) is 5.88. The van der Waals surface area contributed by atoms with Gasteiger partial charge < -0.3 is 9.84 Å². The summed E-state index contributed by atoms with van der Waals surface area (Å²) in [6.07, 6.45) is -0.260. The average Bonchev–Trinajstić information content (AvgIpc) is 2.36. The fourth-order valence-corrected chi connectivity index (χ4v) is 1.94. The molecule has 1 N–H and O–H groups in total. The Morgan fingerprint density at radius 3 is 2.35 bits per heavy atom. The van der Waals surface area contributed by atoms with E-state index in [1.54, 1.807) is 13.8 Å². The first-order valence-electron chi connectivity index (χ1n) is 6.06. The number of ketones is 1. The molecule has 0 saturated carbocycles. The van der Waals surface area contributed by atoms with E-state index in [2.05, 4.69) is 15.9 Å². The first-order valence-corrected chi connectivity index (χ1v) is 6.97. The van der Waals surface area contributed by atoms with Crippen molar-refractivity contribution in [3.63, 3.8) is 0 Å². The summed E-state index contributed by atoms with van der Waals surface area (Å²) >= 11 is 3.16. The number of esters is 1. The minimum atomic E-state index is -1.03. The molecule has 0 radical (unpaired) electrons. The third kappa shape index (κ3) is 4.45. The minimum absolute atomic E-state index is 0.183. The summed E-state index contributed by atoms with van der Waals surface area (Å²) in [4.78, 5) is 34.1. The molecule has 6 heteroatoms. The highest BCUT2D eigenvalue weighted by Crippen LogP contribution is 2.16. The second-order valence-corrected chi connectivity index (χ2v) is 5.56. The largest absolute Gasteiger partial charge is 0.481 e. The standard InChI is InChI=1S/C14H15BrO5/c1-3-20-14(19)11-5-9(6-12(16)17)4-10(7-11)13(18)8(2)15/h4-5,7-8H,3,6H2,1-2H3,(H,16,17). The van der Waals surface area contributed by atoms with E-state index in [4.69, 9.17) is 9.84 Å². The van der Waals surface area contributed by atoms with Gasteiger partial charge in [-0.1, -0.05) is 15.9 Å². The topological polar surface area (TPSA) is 80.7 Å². The molecule has 0 amide bonds. The van der Waals surface area contributed by atoms with Gasteiger partial charge in [-0.2, -0.15) is 0 Å². The zero-order valence-corrected chi connectivity index (χ0v) is 12.8. The highest BCUT2D eigenvalue weighted by Gasteiger charge is 2.17. The summed E-state index contributed by atoms with van der Waals surface area (Å²) in [6.45, 7) is 3.54. The molecular weight excluding hydrogens is 328 g/mol. The summed E-state index contributed by atoms with van der Waals surface area (Å²) in [5, 5.41) is 8.83. The number of carbonyl (C=O) groups excluding carboxylic acids is 2. The van der Waals surface area contributed by atoms with Crippen LogP contribution in [-0.2, 0) is 16.0 Å². The molecule has 20 heavy (non-hydrogen) atoms. The molecule has 0 saturated heterocycles. The van der Waals surface area contributed by atoms with Gasteiger partial charge in [-0.3, -0.25) is 9.59 Å². The van der Waals surface area contributed by atoms with Crippen LogP contribution in [0.15, 0.2) is 18.2 Å². The van der Waals surface area contributed by atoms with Crippen LogP contribution in [0.3, 0.4) is 0 Å². The van der Waals surface area contributed by atoms with Crippen molar-refractivity contribution in [1.29, 1.82) is 0 Å². The monoisotopic (exact) mass is 342 g/mol. The highest BCUT2D eigenvalue weighted by atomic mass is 79.9. The Balaban J connectivity index is 3.23. The molecule has 0 spiro atoms. The van der Waals surface area contributed by atoms with Crippen LogP contribution < -0.4 is 0 Å². The van der Waals surface area contributed by atoms with Crippen LogP contribution in [0.4, 0.5) is 0 Å². The van der Waals surface area contributed by atoms with Crippen molar-refractivity contribution in [2.45, 2.75) is 25.1 Å². The number of hydrogen-bond donors (Lipinski definition) is 1. The number of aliphatic carboxylic acids is 1. The molecule has 0 aromatic heterocycles. The normalized spacial score (nSPS) is 11.8. The summed E-state index contributed by atoms with van der Waals surface area (Å²) < 4.78 is 4.87. The first-order chi connectivity index (χ1) is 9.35. The van der Waals surface area contributed by atoms with Gasteiger partial charge in [-0.05, 0) is 37.6 Å². The zero-order chi connectivity index (χ0) is 15.3. The molecule has 0 heterocycles. The summed E-state index contributed by atoms with van der Waals surface area (Å²) in [6, 6.07) is 4.34. The smallest absolute Gasteiger partial charge is 0.338 e. The number of halogens is 1. The Morgan fingerprint density at radius 2 is 1.85 bits per heavy atom. The van der Waals surface area contributed by atoms with E-state index in [0.29, 0.717) is 5.56 Å². The number of carboxylic acid groups (broad SMARTS) is 1. The summed E-state index contributed by atoms with van der Waals surface area (Å²) in [5.41, 5.74) is 0.859. The molecule has 1 aromatic carbocycles. The number of ether oxygens (including phenoxy) is 1. The number of rotatable bonds is 6. The highest BCUT2D eigenvalue weighted by molar-refractivity contribution is 9.10. The molecule has 0 aliphatic heterocycles. The van der Waals surface area contributed by atoms with Crippen LogP contribution in [0.2, 0.25) is 0 Å². The molecule has 108 valence electrons. The molecule has 0 aliphatic carbocycles. The Morgan fingerprint density at radius 1 is 1.25 bits per heavy atom. The van der Waals surface area contributed by atoms with Gasteiger partial charge in [0.25, 0.3) is 0 Å². The van der Waals surface area contributed by atoms with Crippen LogP contribution >= 0.6 is 15.9 Å². The molecule has 1 rings (SSSR count). The van der Waals surface area contributed by atoms with E-state index in [0.717, 1.165) is 0 Å². The number of Topliss-reactive ketones (excluding diaryl/α,β-unsaturated/α-hetero) is 1. The zero-order valence-electron chi connectivity index (χ0n) is 11.2. The predicted octanol–water partition coefficient (Wildman–Crippen LogP) is 2.46. The second kappa shape index (κ2) is 7.19. The first kappa shape index (κ1) is 16.4. The number of hydrogen-bond acceptors (Lipinski definition) is 4. The van der Waals surface area contributed by atoms with E-state index in [1.807, 2.05) is 0 Å². The van der Waals surface area contributed by atoms with Crippen molar-refractivity contribution in [1.82, 2.24) is 0 Å². The molecular formula is C14H15BrO5. The van der Waals surface area contributed by atoms with Crippen LogP contribution in [0.25, 0.3) is 0 Å². The quantitative estimate of drug-likeness (QED) is 0.488. The number of carboxylic acids is 1. The van der Waals surface area contributed by atoms with Crippen molar-refractivity contribution >= 4 is 33.7 Å². The maximum absolute atomic E-state index is 12.0. The third-order valence-electron chi connectivity index (χ3n) is 2.51. The van der Waals surface area contributed by atoms with Crippen molar-refractivity contribution in [2.24, 2.45) is 0 Å². The number of benzene rings is 1. The predicted molar refractivity (Wildman–Crippen MR) is 76.5 cm³/mol. The lowest BCUT2D eigenvalue weighted by atomic mass is 10.00. The maximum Gasteiger partial charge on any atom is 0.338 e. The van der Waals surface area contributed by atoms with Crippen LogP contribution in [-0.4, -0.2) is 34.3 Å². The van der Waals surface area contributed by atoms with Crippen LogP contribution in [0.1, 0.15) is 40.1 Å². The van der Waals surface area contributed by atoms with Gasteiger partial charge >= 0.3 is 11.9 Å². The van der Waals surface area contributed by atoms with E-state index < -0.39 is 16.8 Å². The van der Waals surface area contributed by atoms with Gasteiger partial charge in [0, 0.05) is 5.56 Å². The van der Waals surface area contributed by atoms with Crippen molar-refractivity contribution < 1.29 is 24.2 Å². The second-order valence-electron chi connectivity index (χ2n) is 4.19. The van der Waals surface area contributed by atoms with E-state index >= 15 is 0 Å². The van der Waals surface area contributed by atoms with Crippen molar-refractivity contribution in [3.8, 4) is 0 Å². The van der Waals surface area contributed by atoms with E-state index in [9.17, 15) is 14.4 Å². The molecule has 0 bridgehead atoms. The molecule has 1 atom stereocenters. The lowest BCUT2D eigenvalue weighted by molar-refractivity contribution is -0.136. The fourth-order valence-electron chi connectivity index (χ4n) is 1.67. The molecule has 1 unspecified atom stereocenters. The van der Waals surface area contributed by atoms with Crippen molar-refractivity contribution in [3.05, 3.63) is 34.9 Å². The average molecular weight is 343 g/mol. The van der Waals surface area contributed by atoms with Gasteiger partial charge in [0.2, 0.25) is 0 Å². The van der Waals surface area contributed by atoms with Crippen LogP contribution in [0, 0.1) is 0 Å². The molecule has 5 nitrogen and oxygen atoms in total. The lowest BCUT2D eigenvalue weighted by Crippen LogP contribution is -2.14. The van der Waals surface area contributed by atoms with Gasteiger partial charge in [0.05, 0.1) is 23.4 Å². The summed E-state index contributed by atoms with van der Waals surface area (Å²) in [5.74, 6) is -1.82. The van der Waals surface area contributed by atoms with E-state index in [1.165, 1.54) is 18.2 Å². The van der Waals surface area contributed by atoms with Gasteiger partial charge in [0.15, 0.2) is 5.78 Å². The molecule has 0 fully saturated rings. The van der Waals surface area contributed by atoms with Crippen LogP contribution in [0.5, 0.6) is 0 Å². The van der Waals surface area contributed by atoms with Crippen molar-refractivity contribution in [2.75, 3.05) is 6.61 Å². The molecule has 0 aliphatic rings. The maximum atomic E-state index is 12.0. The Hall–Kier alpha value is -1.69. The number of alkyl halides is 1. The van der Waals surface area contributed by atoms with E-state index in [-0.39, 0.29) is 29.9 Å². The lowest BCUT2D eigenvalue weighted by Gasteiger charge is -2.09. The fraction of sp³-hybridized carbons (Fsp3) is 0.357. The third-order valence-corrected chi connectivity index (χ3v) is 2.92. The summed E-state index contributed by atoms with van der Waals surface area (Å²) in [7, 11) is 0. The number of carbonyl (C=O) groups is 3. The minimum Gasteiger partial charge on any atom is -0.481 e.